The van der Waals surface area contributed by atoms with Gasteiger partial charge in [0.05, 0.1) is 28.6 Å². The molecule has 8 heteroatoms. The van der Waals surface area contributed by atoms with Gasteiger partial charge in [-0.3, -0.25) is 4.79 Å². The first kappa shape index (κ1) is 23.0. The van der Waals surface area contributed by atoms with Crippen LogP contribution in [0, 0.1) is 0 Å². The number of rotatable bonds is 10. The molecule has 0 radical (unpaired) electrons. The SMILES string of the molecule is CN(CCCOc1cccc(S(C)(=O)=O)c1)C(=O)Cc1csc(Cc2ccccc2)n1. The monoisotopic (exact) mass is 458 g/mol. The van der Waals surface area contributed by atoms with E-state index in [0.29, 0.717) is 25.3 Å². The Bertz CT molecular complexity index is 1110. The maximum Gasteiger partial charge on any atom is 0.228 e. The van der Waals surface area contributed by atoms with Crippen molar-refractivity contribution in [2.24, 2.45) is 0 Å². The average molecular weight is 459 g/mol. The minimum atomic E-state index is -3.26. The normalized spacial score (nSPS) is 11.3. The van der Waals surface area contributed by atoms with E-state index in [-0.39, 0.29) is 17.2 Å². The van der Waals surface area contributed by atoms with Crippen molar-refractivity contribution < 1.29 is 17.9 Å². The zero-order valence-corrected chi connectivity index (χ0v) is 19.3. The molecule has 31 heavy (non-hydrogen) atoms. The number of hydrogen-bond acceptors (Lipinski definition) is 6. The molecule has 0 aliphatic heterocycles. The van der Waals surface area contributed by atoms with Crippen LogP contribution in [0.25, 0.3) is 0 Å². The summed E-state index contributed by atoms with van der Waals surface area (Å²) in [5.74, 6) is 0.515. The Balaban J connectivity index is 1.42. The highest BCUT2D eigenvalue weighted by atomic mass is 32.2. The van der Waals surface area contributed by atoms with Gasteiger partial charge in [-0.25, -0.2) is 13.4 Å². The number of amides is 1. The van der Waals surface area contributed by atoms with Gasteiger partial charge in [0, 0.05) is 31.6 Å². The first-order valence-corrected chi connectivity index (χ1v) is 12.7. The Kier molecular flexibility index (Phi) is 7.81. The van der Waals surface area contributed by atoms with E-state index < -0.39 is 9.84 Å². The highest BCUT2D eigenvalue weighted by molar-refractivity contribution is 7.90. The third-order valence-corrected chi connectivity index (χ3v) is 6.70. The summed E-state index contributed by atoms with van der Waals surface area (Å²) in [6.07, 6.45) is 2.85. The molecule has 3 rings (SSSR count). The Labute approximate surface area is 187 Å². The third-order valence-electron chi connectivity index (χ3n) is 4.70. The van der Waals surface area contributed by atoms with E-state index in [1.165, 1.54) is 17.9 Å². The molecule has 0 unspecified atom stereocenters. The minimum absolute atomic E-state index is 0.00985. The van der Waals surface area contributed by atoms with Gasteiger partial charge in [-0.15, -0.1) is 11.3 Å². The molecule has 1 aromatic heterocycles. The lowest BCUT2D eigenvalue weighted by molar-refractivity contribution is -0.129. The van der Waals surface area contributed by atoms with Crippen LogP contribution in [0.3, 0.4) is 0 Å². The lowest BCUT2D eigenvalue weighted by Crippen LogP contribution is -2.30. The molecular formula is C23H26N2O4S2. The van der Waals surface area contributed by atoms with Crippen molar-refractivity contribution in [3.05, 3.63) is 76.2 Å². The van der Waals surface area contributed by atoms with E-state index in [4.69, 9.17) is 4.74 Å². The van der Waals surface area contributed by atoms with Crippen molar-refractivity contribution in [2.45, 2.75) is 24.2 Å². The molecular weight excluding hydrogens is 432 g/mol. The quantitative estimate of drug-likeness (QED) is 0.434. The fraction of sp³-hybridized carbons (Fsp3) is 0.304. The number of likely N-dealkylation sites (N-methyl/N-ethyl adjacent to an activating group) is 1. The minimum Gasteiger partial charge on any atom is -0.493 e. The van der Waals surface area contributed by atoms with Crippen molar-refractivity contribution in [2.75, 3.05) is 26.5 Å². The Morgan fingerprint density at radius 2 is 1.90 bits per heavy atom. The molecule has 1 heterocycles. The lowest BCUT2D eigenvalue weighted by Gasteiger charge is -2.17. The predicted molar refractivity (Wildman–Crippen MR) is 122 cm³/mol. The summed E-state index contributed by atoms with van der Waals surface area (Å²) < 4.78 is 28.9. The van der Waals surface area contributed by atoms with Crippen LogP contribution in [0.15, 0.2) is 64.9 Å². The molecule has 0 saturated carbocycles. The van der Waals surface area contributed by atoms with E-state index in [9.17, 15) is 13.2 Å². The first-order valence-electron chi connectivity index (χ1n) is 9.95. The summed E-state index contributed by atoms with van der Waals surface area (Å²) in [5.41, 5.74) is 2.00. The van der Waals surface area contributed by atoms with Gasteiger partial charge in [0.2, 0.25) is 5.91 Å². The summed E-state index contributed by atoms with van der Waals surface area (Å²) in [6, 6.07) is 16.6. The maximum atomic E-state index is 12.5. The zero-order chi connectivity index (χ0) is 22.3. The molecule has 0 spiro atoms. The zero-order valence-electron chi connectivity index (χ0n) is 17.7. The number of hydrogen-bond donors (Lipinski definition) is 0. The van der Waals surface area contributed by atoms with Gasteiger partial charge < -0.3 is 9.64 Å². The third kappa shape index (κ3) is 7.18. The topological polar surface area (TPSA) is 76.6 Å². The van der Waals surface area contributed by atoms with Crippen LogP contribution >= 0.6 is 11.3 Å². The number of carbonyl (C=O) groups excluding carboxylic acids is 1. The molecule has 0 fully saturated rings. The average Bonchev–Trinajstić information content (AvgIpc) is 3.18. The summed E-state index contributed by atoms with van der Waals surface area (Å²) in [6.45, 7) is 0.939. The number of nitrogens with zero attached hydrogens (tertiary/aromatic N) is 2. The number of carbonyl (C=O) groups is 1. The number of thiazole rings is 1. The Morgan fingerprint density at radius 1 is 1.13 bits per heavy atom. The number of aromatic nitrogens is 1. The van der Waals surface area contributed by atoms with Crippen LogP contribution in [0.1, 0.15) is 22.7 Å². The molecule has 3 aromatic rings. The van der Waals surface area contributed by atoms with E-state index >= 15 is 0 Å². The van der Waals surface area contributed by atoms with Crippen molar-refractivity contribution in [3.63, 3.8) is 0 Å². The summed E-state index contributed by atoms with van der Waals surface area (Å²) in [4.78, 5) is 19.0. The number of ether oxygens (including phenoxy) is 1. The molecule has 1 amide bonds. The summed E-state index contributed by atoms with van der Waals surface area (Å²) in [5, 5.41) is 2.95. The molecule has 164 valence electrons. The van der Waals surface area contributed by atoms with Crippen LogP contribution in [0.5, 0.6) is 5.75 Å². The Hall–Kier alpha value is -2.71. The number of benzene rings is 2. The maximum absolute atomic E-state index is 12.5. The summed E-state index contributed by atoms with van der Waals surface area (Å²) in [7, 11) is -1.50. The fourth-order valence-corrected chi connectivity index (χ4v) is 4.47. The van der Waals surface area contributed by atoms with Gasteiger partial charge in [-0.2, -0.15) is 0 Å². The van der Waals surface area contributed by atoms with Crippen molar-refractivity contribution in [1.29, 1.82) is 0 Å². The van der Waals surface area contributed by atoms with Crippen molar-refractivity contribution in [3.8, 4) is 5.75 Å². The molecule has 2 aromatic carbocycles. The molecule has 0 saturated heterocycles. The lowest BCUT2D eigenvalue weighted by atomic mass is 10.2. The molecule has 0 aliphatic carbocycles. The predicted octanol–water partition coefficient (Wildman–Crippen LogP) is 3.61. The number of sulfone groups is 1. The van der Waals surface area contributed by atoms with Crippen LogP contribution in [-0.2, 0) is 27.5 Å². The fourth-order valence-electron chi connectivity index (χ4n) is 2.98. The van der Waals surface area contributed by atoms with Gasteiger partial charge in [0.15, 0.2) is 9.84 Å². The first-order chi connectivity index (χ1) is 14.8. The second kappa shape index (κ2) is 10.5. The second-order valence-corrected chi connectivity index (χ2v) is 10.3. The van der Waals surface area contributed by atoms with Crippen molar-refractivity contribution >= 4 is 27.1 Å². The second-order valence-electron chi connectivity index (χ2n) is 7.34. The van der Waals surface area contributed by atoms with Gasteiger partial charge in [0.25, 0.3) is 0 Å². The van der Waals surface area contributed by atoms with E-state index in [1.807, 2.05) is 23.6 Å². The smallest absolute Gasteiger partial charge is 0.228 e. The Morgan fingerprint density at radius 3 is 2.65 bits per heavy atom. The molecule has 6 nitrogen and oxygen atoms in total. The van der Waals surface area contributed by atoms with Gasteiger partial charge in [0.1, 0.15) is 5.75 Å². The van der Waals surface area contributed by atoms with Gasteiger partial charge in [-0.05, 0) is 30.2 Å². The van der Waals surface area contributed by atoms with Gasteiger partial charge >= 0.3 is 0 Å². The highest BCUT2D eigenvalue weighted by Crippen LogP contribution is 2.18. The van der Waals surface area contributed by atoms with Crippen LogP contribution in [-0.4, -0.2) is 50.7 Å². The van der Waals surface area contributed by atoms with Gasteiger partial charge in [-0.1, -0.05) is 36.4 Å². The molecule has 0 bridgehead atoms. The van der Waals surface area contributed by atoms with Crippen LogP contribution < -0.4 is 4.74 Å². The largest absolute Gasteiger partial charge is 0.493 e. The standard InChI is InChI=1S/C23H26N2O4S2/c1-25(12-7-13-29-20-10-6-11-21(16-20)31(2,27)28)23(26)15-19-17-30-22(24-19)14-18-8-4-3-5-9-18/h3-6,8-11,16-17H,7,12-15H2,1-2H3. The van der Waals surface area contributed by atoms with E-state index in [0.717, 1.165) is 17.1 Å². The van der Waals surface area contributed by atoms with Crippen molar-refractivity contribution in [1.82, 2.24) is 9.88 Å². The molecule has 0 atom stereocenters. The van der Waals surface area contributed by atoms with E-state index in [2.05, 4.69) is 17.1 Å². The van der Waals surface area contributed by atoms with Crippen LogP contribution in [0.4, 0.5) is 0 Å². The molecule has 0 aliphatic rings. The van der Waals surface area contributed by atoms with E-state index in [1.54, 1.807) is 41.5 Å². The summed E-state index contributed by atoms with van der Waals surface area (Å²) >= 11 is 1.58. The highest BCUT2D eigenvalue weighted by Gasteiger charge is 2.13. The molecule has 0 N–H and O–H groups in total. The van der Waals surface area contributed by atoms with Crippen LogP contribution in [0.2, 0.25) is 0 Å².